The molecule has 2 aromatic heterocycles. The molecule has 9 heteroatoms. The van der Waals surface area contributed by atoms with E-state index in [1.165, 1.54) is 27.5 Å². The SMILES string of the molecule is Cc1c(NS(=O)(=O)c2cnn(C)c2)cccc1C(=O)N1CCc2sccc2C1. The summed E-state index contributed by atoms with van der Waals surface area (Å²) in [7, 11) is -2.12. The third kappa shape index (κ3) is 3.43. The Labute approximate surface area is 167 Å². The van der Waals surface area contributed by atoms with E-state index in [1.807, 2.05) is 4.90 Å². The van der Waals surface area contributed by atoms with Gasteiger partial charge in [-0.1, -0.05) is 6.07 Å². The van der Waals surface area contributed by atoms with E-state index in [0.717, 1.165) is 6.42 Å². The third-order valence-electron chi connectivity index (χ3n) is 4.89. The van der Waals surface area contributed by atoms with E-state index >= 15 is 0 Å². The standard InChI is InChI=1S/C19H20N4O3S2/c1-13-16(19(24)23-8-6-18-14(11-23)7-9-27-18)4-3-5-17(13)21-28(25,26)15-10-20-22(2)12-15/h3-5,7,9-10,12,21H,6,8,11H2,1-2H3. The van der Waals surface area contributed by atoms with Crippen molar-refractivity contribution in [3.63, 3.8) is 0 Å². The summed E-state index contributed by atoms with van der Waals surface area (Å²) in [6.45, 7) is 3.01. The molecule has 0 saturated heterocycles. The number of thiophene rings is 1. The molecule has 0 atom stereocenters. The van der Waals surface area contributed by atoms with Crippen LogP contribution >= 0.6 is 11.3 Å². The lowest BCUT2D eigenvalue weighted by Crippen LogP contribution is -2.35. The van der Waals surface area contributed by atoms with E-state index in [2.05, 4.69) is 21.3 Å². The molecule has 1 aliphatic heterocycles. The summed E-state index contributed by atoms with van der Waals surface area (Å²) in [5, 5.41) is 5.96. The van der Waals surface area contributed by atoms with Crippen LogP contribution in [0, 0.1) is 6.92 Å². The van der Waals surface area contributed by atoms with Gasteiger partial charge in [-0.3, -0.25) is 14.2 Å². The number of sulfonamides is 1. The Hall–Kier alpha value is -2.65. The van der Waals surface area contributed by atoms with E-state index in [4.69, 9.17) is 0 Å². The van der Waals surface area contributed by atoms with E-state index in [1.54, 1.807) is 43.5 Å². The molecule has 0 radical (unpaired) electrons. The first kappa shape index (κ1) is 18.7. The molecule has 28 heavy (non-hydrogen) atoms. The Kier molecular flexibility index (Phi) is 4.72. The number of carbonyl (C=O) groups is 1. The molecule has 0 saturated carbocycles. The lowest BCUT2D eigenvalue weighted by atomic mass is 10.0. The summed E-state index contributed by atoms with van der Waals surface area (Å²) in [5.74, 6) is -0.0863. The van der Waals surface area contributed by atoms with Crippen LogP contribution in [0.15, 0.2) is 46.9 Å². The van der Waals surface area contributed by atoms with Crippen molar-refractivity contribution in [1.82, 2.24) is 14.7 Å². The fourth-order valence-electron chi connectivity index (χ4n) is 3.31. The topological polar surface area (TPSA) is 84.3 Å². The van der Waals surface area contributed by atoms with E-state index in [9.17, 15) is 13.2 Å². The van der Waals surface area contributed by atoms with Crippen molar-refractivity contribution in [2.45, 2.75) is 24.8 Å². The molecule has 146 valence electrons. The van der Waals surface area contributed by atoms with Gasteiger partial charge in [-0.2, -0.15) is 5.10 Å². The van der Waals surface area contributed by atoms with Gasteiger partial charge in [0.25, 0.3) is 15.9 Å². The van der Waals surface area contributed by atoms with Crippen LogP contribution in [-0.2, 0) is 30.0 Å². The molecular weight excluding hydrogens is 396 g/mol. The van der Waals surface area contributed by atoms with Gasteiger partial charge in [0, 0.05) is 36.8 Å². The highest BCUT2D eigenvalue weighted by Crippen LogP contribution is 2.28. The predicted molar refractivity (Wildman–Crippen MR) is 108 cm³/mol. The molecule has 1 aromatic carbocycles. The number of fused-ring (bicyclic) bond motifs is 1. The maximum Gasteiger partial charge on any atom is 0.265 e. The fraction of sp³-hybridized carbons (Fsp3) is 0.263. The lowest BCUT2D eigenvalue weighted by Gasteiger charge is -2.28. The molecule has 4 rings (SSSR count). The summed E-state index contributed by atoms with van der Waals surface area (Å²) < 4.78 is 29.2. The Morgan fingerprint density at radius 1 is 1.29 bits per heavy atom. The first-order chi connectivity index (χ1) is 13.3. The summed E-state index contributed by atoms with van der Waals surface area (Å²) in [6.07, 6.45) is 3.57. The van der Waals surface area contributed by atoms with Gasteiger partial charge in [0.2, 0.25) is 0 Å². The van der Waals surface area contributed by atoms with Crippen LogP contribution in [0.1, 0.15) is 26.4 Å². The maximum atomic E-state index is 13.1. The first-order valence-corrected chi connectivity index (χ1v) is 11.2. The molecule has 0 aliphatic carbocycles. The number of carbonyl (C=O) groups excluding carboxylic acids is 1. The molecular formula is C19H20N4O3S2. The van der Waals surface area contributed by atoms with Crippen LogP contribution in [0.5, 0.6) is 0 Å². The van der Waals surface area contributed by atoms with Crippen LogP contribution in [0.25, 0.3) is 0 Å². The lowest BCUT2D eigenvalue weighted by molar-refractivity contribution is 0.0735. The van der Waals surface area contributed by atoms with Gasteiger partial charge in [-0.05, 0) is 48.1 Å². The number of benzene rings is 1. The predicted octanol–water partition coefficient (Wildman–Crippen LogP) is 2.79. The normalized spacial score (nSPS) is 14.0. The third-order valence-corrected chi connectivity index (χ3v) is 7.24. The second kappa shape index (κ2) is 7.06. The van der Waals surface area contributed by atoms with Gasteiger partial charge >= 0.3 is 0 Å². The molecule has 1 aliphatic rings. The quantitative estimate of drug-likeness (QED) is 0.709. The summed E-state index contributed by atoms with van der Waals surface area (Å²) in [4.78, 5) is 16.3. The summed E-state index contributed by atoms with van der Waals surface area (Å²) in [5.41, 5.74) is 2.69. The summed E-state index contributed by atoms with van der Waals surface area (Å²) >= 11 is 1.73. The van der Waals surface area contributed by atoms with Gasteiger partial charge in [0.1, 0.15) is 4.90 Å². The van der Waals surface area contributed by atoms with Crippen LogP contribution in [-0.4, -0.2) is 35.6 Å². The maximum absolute atomic E-state index is 13.1. The molecule has 3 aromatic rings. The molecule has 3 heterocycles. The van der Waals surface area contributed by atoms with Crippen LogP contribution in [0.2, 0.25) is 0 Å². The Morgan fingerprint density at radius 3 is 2.86 bits per heavy atom. The number of amides is 1. The van der Waals surface area contributed by atoms with Crippen molar-refractivity contribution in [2.75, 3.05) is 11.3 Å². The van der Waals surface area contributed by atoms with Crippen LogP contribution in [0.4, 0.5) is 5.69 Å². The molecule has 1 N–H and O–H groups in total. The van der Waals surface area contributed by atoms with Gasteiger partial charge < -0.3 is 4.90 Å². The zero-order valence-electron chi connectivity index (χ0n) is 15.5. The van der Waals surface area contributed by atoms with Crippen molar-refractivity contribution in [2.24, 2.45) is 7.05 Å². The average Bonchev–Trinajstić information content (AvgIpc) is 3.31. The molecule has 0 bridgehead atoms. The van der Waals surface area contributed by atoms with Crippen molar-refractivity contribution >= 4 is 33.0 Å². The second-order valence-electron chi connectivity index (χ2n) is 6.78. The first-order valence-electron chi connectivity index (χ1n) is 8.81. The van der Waals surface area contributed by atoms with Crippen molar-refractivity contribution in [1.29, 1.82) is 0 Å². The van der Waals surface area contributed by atoms with Crippen LogP contribution in [0.3, 0.4) is 0 Å². The van der Waals surface area contributed by atoms with Gasteiger partial charge in [-0.15, -0.1) is 11.3 Å². The minimum absolute atomic E-state index is 0.0761. The molecule has 0 spiro atoms. The number of nitrogens with zero attached hydrogens (tertiary/aromatic N) is 3. The smallest absolute Gasteiger partial charge is 0.265 e. The minimum Gasteiger partial charge on any atom is -0.334 e. The van der Waals surface area contributed by atoms with Gasteiger partial charge in [0.05, 0.1) is 11.9 Å². The molecule has 0 unspecified atom stereocenters. The summed E-state index contributed by atoms with van der Waals surface area (Å²) in [6, 6.07) is 7.15. The van der Waals surface area contributed by atoms with Crippen LogP contribution < -0.4 is 4.72 Å². The van der Waals surface area contributed by atoms with E-state index in [0.29, 0.717) is 29.9 Å². The molecule has 0 fully saturated rings. The Balaban J connectivity index is 1.59. The monoisotopic (exact) mass is 416 g/mol. The minimum atomic E-state index is -3.77. The number of hydrogen-bond acceptors (Lipinski definition) is 5. The zero-order chi connectivity index (χ0) is 19.9. The fourth-order valence-corrected chi connectivity index (χ4v) is 5.31. The number of aryl methyl sites for hydroxylation is 1. The highest BCUT2D eigenvalue weighted by atomic mass is 32.2. The largest absolute Gasteiger partial charge is 0.334 e. The van der Waals surface area contributed by atoms with Crippen molar-refractivity contribution in [3.05, 3.63) is 63.6 Å². The van der Waals surface area contributed by atoms with E-state index < -0.39 is 10.0 Å². The van der Waals surface area contributed by atoms with Crippen molar-refractivity contribution < 1.29 is 13.2 Å². The Bertz CT molecular complexity index is 1150. The van der Waals surface area contributed by atoms with Crippen molar-refractivity contribution in [3.8, 4) is 0 Å². The highest BCUT2D eigenvalue weighted by molar-refractivity contribution is 7.92. The Morgan fingerprint density at radius 2 is 2.11 bits per heavy atom. The van der Waals surface area contributed by atoms with Gasteiger partial charge in [0.15, 0.2) is 0 Å². The van der Waals surface area contributed by atoms with E-state index in [-0.39, 0.29) is 10.8 Å². The number of nitrogens with one attached hydrogen (secondary N) is 1. The zero-order valence-corrected chi connectivity index (χ0v) is 17.2. The number of hydrogen-bond donors (Lipinski definition) is 1. The molecule has 7 nitrogen and oxygen atoms in total. The van der Waals surface area contributed by atoms with Gasteiger partial charge in [-0.25, -0.2) is 8.42 Å². The number of aromatic nitrogens is 2. The average molecular weight is 417 g/mol. The number of rotatable bonds is 4. The second-order valence-corrected chi connectivity index (χ2v) is 9.46. The highest BCUT2D eigenvalue weighted by Gasteiger charge is 2.25. The molecule has 1 amide bonds. The number of anilines is 1.